The highest BCUT2D eigenvalue weighted by Gasteiger charge is 2.16. The Kier molecular flexibility index (Phi) is 5.03. The highest BCUT2D eigenvalue weighted by atomic mass is 16.5. The number of rotatable bonds is 5. The zero-order valence-corrected chi connectivity index (χ0v) is 17.8. The third kappa shape index (κ3) is 3.67. The maximum Gasteiger partial charge on any atom is 0.339 e. The number of nitrogens with zero attached hydrogens (tertiary/aromatic N) is 3. The minimum Gasteiger partial charge on any atom is -0.497 e. The van der Waals surface area contributed by atoms with Crippen molar-refractivity contribution < 1.29 is 14.3 Å². The molecule has 0 amide bonds. The molecule has 5 aromatic rings. The summed E-state index contributed by atoms with van der Waals surface area (Å²) in [6.45, 7) is 2.09. The second-order valence-corrected chi connectivity index (χ2v) is 7.53. The quantitative estimate of drug-likeness (QED) is 0.363. The van der Waals surface area contributed by atoms with Gasteiger partial charge in [0.15, 0.2) is 0 Å². The van der Waals surface area contributed by atoms with Crippen LogP contribution in [0.3, 0.4) is 0 Å². The number of esters is 1. The van der Waals surface area contributed by atoms with Crippen LogP contribution in [0.15, 0.2) is 79.1 Å². The normalized spacial score (nSPS) is 11.1. The van der Waals surface area contributed by atoms with Gasteiger partial charge in [-0.3, -0.25) is 0 Å². The molecule has 158 valence electrons. The Hall–Kier alpha value is -4.19. The van der Waals surface area contributed by atoms with E-state index in [-0.39, 0.29) is 6.61 Å². The van der Waals surface area contributed by atoms with Gasteiger partial charge in [-0.1, -0.05) is 24.3 Å². The molecule has 5 rings (SSSR count). The topological polar surface area (TPSA) is 65.7 Å². The zero-order chi connectivity index (χ0) is 22.1. The van der Waals surface area contributed by atoms with Crippen molar-refractivity contribution in [2.24, 2.45) is 0 Å². The maximum atomic E-state index is 13.1. The fraction of sp³-hybridized carbons (Fsp3) is 0.115. The number of para-hydroxylation sites is 1. The number of fused-ring (bicyclic) bond motifs is 2. The van der Waals surface area contributed by atoms with Crippen molar-refractivity contribution in [2.75, 3.05) is 7.11 Å². The number of hydrogen-bond acceptors (Lipinski definition) is 5. The Labute approximate surface area is 185 Å². The van der Waals surface area contributed by atoms with E-state index in [9.17, 15) is 4.79 Å². The molecular formula is C26H21N3O3. The fourth-order valence-electron chi connectivity index (χ4n) is 3.75. The summed E-state index contributed by atoms with van der Waals surface area (Å²) in [7, 11) is 1.63. The number of pyridine rings is 2. The van der Waals surface area contributed by atoms with Crippen LogP contribution in [0.4, 0.5) is 0 Å². The van der Waals surface area contributed by atoms with Gasteiger partial charge in [0, 0.05) is 23.3 Å². The van der Waals surface area contributed by atoms with Gasteiger partial charge in [-0.15, -0.1) is 0 Å². The number of carbonyl (C=O) groups is 1. The number of hydrogen-bond donors (Lipinski definition) is 0. The van der Waals surface area contributed by atoms with Gasteiger partial charge in [0.2, 0.25) is 0 Å². The summed E-state index contributed by atoms with van der Waals surface area (Å²) < 4.78 is 12.8. The van der Waals surface area contributed by atoms with Crippen molar-refractivity contribution in [3.63, 3.8) is 0 Å². The molecule has 6 nitrogen and oxygen atoms in total. The second-order valence-electron chi connectivity index (χ2n) is 7.53. The van der Waals surface area contributed by atoms with Gasteiger partial charge in [-0.05, 0) is 55.0 Å². The number of ether oxygens (including phenoxy) is 2. The first-order chi connectivity index (χ1) is 15.6. The predicted molar refractivity (Wildman–Crippen MR) is 123 cm³/mol. The van der Waals surface area contributed by atoms with E-state index in [4.69, 9.17) is 14.5 Å². The minimum absolute atomic E-state index is 0.0917. The van der Waals surface area contributed by atoms with Crippen LogP contribution in [-0.4, -0.2) is 27.4 Å². The molecule has 0 aliphatic rings. The van der Waals surface area contributed by atoms with Gasteiger partial charge in [0.1, 0.15) is 18.0 Å². The molecule has 0 saturated heterocycles. The molecule has 32 heavy (non-hydrogen) atoms. The van der Waals surface area contributed by atoms with E-state index in [1.165, 1.54) is 0 Å². The molecule has 0 aliphatic heterocycles. The van der Waals surface area contributed by atoms with Crippen molar-refractivity contribution in [3.8, 4) is 17.0 Å². The summed E-state index contributed by atoms with van der Waals surface area (Å²) in [5.41, 5.74) is 5.41. The highest BCUT2D eigenvalue weighted by Crippen LogP contribution is 2.27. The Bertz CT molecular complexity index is 1440. The van der Waals surface area contributed by atoms with Crippen LogP contribution in [0.2, 0.25) is 0 Å². The lowest BCUT2D eigenvalue weighted by Crippen LogP contribution is -2.07. The molecule has 3 aromatic heterocycles. The Balaban J connectivity index is 1.47. The van der Waals surface area contributed by atoms with Gasteiger partial charge >= 0.3 is 5.97 Å². The van der Waals surface area contributed by atoms with Gasteiger partial charge in [0.25, 0.3) is 0 Å². The molecule has 2 aromatic carbocycles. The Morgan fingerprint density at radius 3 is 2.59 bits per heavy atom. The number of imidazole rings is 1. The molecule has 0 fully saturated rings. The fourth-order valence-corrected chi connectivity index (χ4v) is 3.75. The highest BCUT2D eigenvalue weighted by molar-refractivity contribution is 6.04. The largest absolute Gasteiger partial charge is 0.497 e. The van der Waals surface area contributed by atoms with Crippen molar-refractivity contribution in [1.82, 2.24) is 14.4 Å². The van der Waals surface area contributed by atoms with Gasteiger partial charge in [-0.2, -0.15) is 0 Å². The van der Waals surface area contributed by atoms with E-state index in [2.05, 4.69) is 4.98 Å². The van der Waals surface area contributed by atoms with Gasteiger partial charge in [-0.25, -0.2) is 14.8 Å². The van der Waals surface area contributed by atoms with E-state index in [0.717, 1.165) is 33.4 Å². The third-order valence-corrected chi connectivity index (χ3v) is 5.40. The SMILES string of the molecule is COc1ccc(-c2cc(C(=O)OCc3cn4cccc(C)c4n3)c3ccccc3n2)cc1. The number of methoxy groups -OCH3 is 1. The monoisotopic (exact) mass is 423 g/mol. The lowest BCUT2D eigenvalue weighted by atomic mass is 10.0. The number of aryl methyl sites for hydroxylation is 1. The molecule has 0 bridgehead atoms. The first-order valence-corrected chi connectivity index (χ1v) is 10.3. The van der Waals surface area contributed by atoms with Crippen LogP contribution in [0.1, 0.15) is 21.6 Å². The summed E-state index contributed by atoms with van der Waals surface area (Å²) in [6, 6.07) is 20.9. The maximum absolute atomic E-state index is 13.1. The first kappa shape index (κ1) is 19.8. The molecule has 3 heterocycles. The molecule has 0 radical (unpaired) electrons. The summed E-state index contributed by atoms with van der Waals surface area (Å²) in [6.07, 6.45) is 3.81. The average molecular weight is 423 g/mol. The van der Waals surface area contributed by atoms with E-state index >= 15 is 0 Å². The van der Waals surface area contributed by atoms with E-state index in [0.29, 0.717) is 17.0 Å². The Morgan fingerprint density at radius 2 is 1.81 bits per heavy atom. The number of benzene rings is 2. The smallest absolute Gasteiger partial charge is 0.339 e. The molecule has 0 atom stereocenters. The van der Waals surface area contributed by atoms with E-state index < -0.39 is 5.97 Å². The van der Waals surface area contributed by atoms with Crippen molar-refractivity contribution in [3.05, 3.63) is 95.9 Å². The molecule has 0 unspecified atom stereocenters. The second kappa shape index (κ2) is 8.15. The summed E-state index contributed by atoms with van der Waals surface area (Å²) in [4.78, 5) is 22.4. The summed E-state index contributed by atoms with van der Waals surface area (Å²) >= 11 is 0. The van der Waals surface area contributed by atoms with Crippen LogP contribution in [0.25, 0.3) is 27.8 Å². The van der Waals surface area contributed by atoms with Crippen LogP contribution >= 0.6 is 0 Å². The lowest BCUT2D eigenvalue weighted by Gasteiger charge is -2.10. The zero-order valence-electron chi connectivity index (χ0n) is 17.8. The third-order valence-electron chi connectivity index (χ3n) is 5.40. The number of aromatic nitrogens is 3. The Morgan fingerprint density at radius 1 is 1.00 bits per heavy atom. The van der Waals surface area contributed by atoms with Crippen LogP contribution in [-0.2, 0) is 11.3 Å². The molecule has 0 saturated carbocycles. The molecule has 0 aliphatic carbocycles. The van der Waals surface area contributed by atoms with Gasteiger partial charge in [0.05, 0.1) is 29.6 Å². The van der Waals surface area contributed by atoms with Crippen LogP contribution in [0, 0.1) is 6.92 Å². The van der Waals surface area contributed by atoms with E-state index in [1.54, 1.807) is 13.2 Å². The van der Waals surface area contributed by atoms with Crippen LogP contribution in [0.5, 0.6) is 5.75 Å². The summed E-state index contributed by atoms with van der Waals surface area (Å²) in [5.74, 6) is 0.351. The minimum atomic E-state index is -0.410. The summed E-state index contributed by atoms with van der Waals surface area (Å²) in [5, 5.41) is 0.751. The molecule has 0 spiro atoms. The van der Waals surface area contributed by atoms with Crippen molar-refractivity contribution in [1.29, 1.82) is 0 Å². The predicted octanol–water partition coefficient (Wildman–Crippen LogP) is 5.22. The average Bonchev–Trinajstić information content (AvgIpc) is 3.26. The molecular weight excluding hydrogens is 402 g/mol. The lowest BCUT2D eigenvalue weighted by molar-refractivity contribution is 0.0470. The standard InChI is InChI=1S/C26H21N3O3/c1-17-6-5-13-29-15-19(27-25(17)29)16-32-26(30)22-14-24(18-9-11-20(31-2)12-10-18)28-23-8-4-3-7-21(22)23/h3-15H,16H2,1-2H3. The van der Waals surface area contributed by atoms with Crippen molar-refractivity contribution in [2.45, 2.75) is 13.5 Å². The number of carbonyl (C=O) groups excluding carboxylic acids is 1. The van der Waals surface area contributed by atoms with Crippen molar-refractivity contribution >= 4 is 22.5 Å². The molecule has 0 N–H and O–H groups in total. The molecule has 6 heteroatoms. The van der Waals surface area contributed by atoms with Crippen LogP contribution < -0.4 is 4.74 Å². The van der Waals surface area contributed by atoms with E-state index in [1.807, 2.05) is 84.4 Å². The van der Waals surface area contributed by atoms with Gasteiger partial charge < -0.3 is 13.9 Å². The first-order valence-electron chi connectivity index (χ1n) is 10.3.